The average molecular weight is 280 g/mol. The third kappa shape index (κ3) is 3.02. The molecule has 18 heavy (non-hydrogen) atoms. The minimum absolute atomic E-state index is 0.134. The summed E-state index contributed by atoms with van der Waals surface area (Å²) in [6.45, 7) is 2.02. The van der Waals surface area contributed by atoms with Crippen molar-refractivity contribution in [3.05, 3.63) is 39.8 Å². The molecule has 1 aromatic carbocycles. The quantitative estimate of drug-likeness (QED) is 0.665. The number of thiazole rings is 1. The number of carbonyl (C=O) groups is 1. The van der Waals surface area contributed by atoms with Gasteiger partial charge in [-0.05, 0) is 24.6 Å². The minimum Gasteiger partial charge on any atom is -0.476 e. The van der Waals surface area contributed by atoms with Gasteiger partial charge in [-0.3, -0.25) is 0 Å². The number of aromatic carboxylic acids is 1. The number of aromatic nitrogens is 1. The van der Waals surface area contributed by atoms with Crippen LogP contribution in [0.5, 0.6) is 0 Å². The molecule has 0 aliphatic carbocycles. The number of carboxylic acid groups (broad SMARTS) is 1. The van der Waals surface area contributed by atoms with Crippen LogP contribution in [-0.4, -0.2) is 16.1 Å². The number of benzene rings is 1. The fourth-order valence-electron chi connectivity index (χ4n) is 1.40. The lowest BCUT2D eigenvalue weighted by Gasteiger charge is -2.05. The predicted molar refractivity (Wildman–Crippen MR) is 74.2 cm³/mol. The van der Waals surface area contributed by atoms with E-state index in [9.17, 15) is 4.79 Å². The summed E-state index contributed by atoms with van der Waals surface area (Å²) >= 11 is 2.76. The van der Waals surface area contributed by atoms with Gasteiger partial charge in [0.15, 0.2) is 0 Å². The Hall–Kier alpha value is -1.53. The molecule has 0 atom stereocenters. The number of nitrogens with zero attached hydrogens (tertiary/aromatic N) is 1. The van der Waals surface area contributed by atoms with Crippen molar-refractivity contribution in [3.63, 3.8) is 0 Å². The Morgan fingerprint density at radius 1 is 1.56 bits per heavy atom. The summed E-state index contributed by atoms with van der Waals surface area (Å²) in [5.74, 6) is -0.329. The Morgan fingerprint density at radius 3 is 3.00 bits per heavy atom. The van der Waals surface area contributed by atoms with Crippen LogP contribution in [0.25, 0.3) is 0 Å². The number of nitrogen functional groups attached to an aromatic ring is 1. The largest absolute Gasteiger partial charge is 0.476 e. The first-order valence-electron chi connectivity index (χ1n) is 5.23. The van der Waals surface area contributed by atoms with E-state index in [0.717, 1.165) is 33.2 Å². The number of aryl methyl sites for hydroxylation is 1. The molecule has 0 saturated heterocycles. The zero-order valence-corrected chi connectivity index (χ0v) is 11.3. The van der Waals surface area contributed by atoms with E-state index in [1.54, 1.807) is 17.1 Å². The van der Waals surface area contributed by atoms with Crippen molar-refractivity contribution in [2.45, 2.75) is 17.6 Å². The van der Waals surface area contributed by atoms with E-state index in [1.807, 2.05) is 25.1 Å². The Morgan fingerprint density at radius 2 is 2.33 bits per heavy atom. The van der Waals surface area contributed by atoms with Crippen LogP contribution < -0.4 is 5.73 Å². The van der Waals surface area contributed by atoms with Crippen molar-refractivity contribution >= 4 is 34.8 Å². The molecule has 0 amide bonds. The van der Waals surface area contributed by atoms with Crippen molar-refractivity contribution in [1.29, 1.82) is 0 Å². The molecule has 4 nitrogen and oxygen atoms in total. The highest BCUT2D eigenvalue weighted by atomic mass is 32.2. The number of hydrogen-bond acceptors (Lipinski definition) is 5. The maximum absolute atomic E-state index is 10.7. The second kappa shape index (κ2) is 5.41. The van der Waals surface area contributed by atoms with Gasteiger partial charge in [0.05, 0.1) is 5.69 Å². The highest BCUT2D eigenvalue weighted by Gasteiger charge is 2.09. The number of hydrogen-bond donors (Lipinski definition) is 2. The Labute approximate surface area is 113 Å². The lowest BCUT2D eigenvalue weighted by Crippen LogP contribution is -1.95. The van der Waals surface area contributed by atoms with Gasteiger partial charge in [-0.2, -0.15) is 0 Å². The molecule has 0 bridgehead atoms. The van der Waals surface area contributed by atoms with Gasteiger partial charge in [-0.25, -0.2) is 9.78 Å². The lowest BCUT2D eigenvalue weighted by atomic mass is 10.2. The molecule has 94 valence electrons. The van der Waals surface area contributed by atoms with Crippen LogP contribution >= 0.6 is 23.1 Å². The molecular formula is C12H12N2O2S2. The molecule has 1 heterocycles. The van der Waals surface area contributed by atoms with Crippen molar-refractivity contribution < 1.29 is 9.90 Å². The minimum atomic E-state index is -0.976. The third-order valence-electron chi connectivity index (χ3n) is 2.32. The molecule has 2 aromatic rings. The first-order valence-corrected chi connectivity index (χ1v) is 7.09. The molecule has 0 aliphatic heterocycles. The molecule has 0 fully saturated rings. The molecule has 0 spiro atoms. The van der Waals surface area contributed by atoms with Gasteiger partial charge in [0.1, 0.15) is 0 Å². The summed E-state index contributed by atoms with van der Waals surface area (Å²) in [6.07, 6.45) is 0. The highest BCUT2D eigenvalue weighted by Crippen LogP contribution is 2.28. The van der Waals surface area contributed by atoms with Gasteiger partial charge >= 0.3 is 5.97 Å². The Bertz CT molecular complexity index is 581. The predicted octanol–water partition coefficient (Wildman–Crippen LogP) is 3.02. The summed E-state index contributed by atoms with van der Waals surface area (Å²) < 4.78 is 0. The second-order valence-electron chi connectivity index (χ2n) is 3.76. The Balaban J connectivity index is 2.06. The molecular weight excluding hydrogens is 268 g/mol. The fraction of sp³-hybridized carbons (Fsp3) is 0.167. The van der Waals surface area contributed by atoms with Crippen LogP contribution in [0, 0.1) is 6.92 Å². The van der Waals surface area contributed by atoms with E-state index >= 15 is 0 Å². The van der Waals surface area contributed by atoms with Gasteiger partial charge in [-0.15, -0.1) is 23.1 Å². The van der Waals surface area contributed by atoms with Crippen molar-refractivity contribution in [3.8, 4) is 0 Å². The maximum atomic E-state index is 10.7. The van der Waals surface area contributed by atoms with Gasteiger partial charge < -0.3 is 10.8 Å². The SMILES string of the molecule is Cc1ccc(N)cc1SCc1csc(C(=O)O)n1. The number of thioether (sulfide) groups is 1. The first-order chi connectivity index (χ1) is 8.56. The van der Waals surface area contributed by atoms with Crippen LogP contribution in [0.2, 0.25) is 0 Å². The van der Waals surface area contributed by atoms with Gasteiger partial charge in [0.2, 0.25) is 5.01 Å². The van der Waals surface area contributed by atoms with Crippen LogP contribution in [0.15, 0.2) is 28.5 Å². The molecule has 0 radical (unpaired) electrons. The first kappa shape index (κ1) is 12.9. The normalized spacial score (nSPS) is 10.5. The van der Waals surface area contributed by atoms with E-state index in [-0.39, 0.29) is 5.01 Å². The molecule has 1 aromatic heterocycles. The summed E-state index contributed by atoms with van der Waals surface area (Å²) in [6, 6.07) is 5.76. The summed E-state index contributed by atoms with van der Waals surface area (Å²) in [4.78, 5) is 15.9. The number of carboxylic acids is 1. The van der Waals surface area contributed by atoms with Gasteiger partial charge in [-0.1, -0.05) is 6.07 Å². The number of nitrogens with two attached hydrogens (primary N) is 1. The van der Waals surface area contributed by atoms with E-state index in [0.29, 0.717) is 5.75 Å². The van der Waals surface area contributed by atoms with E-state index in [4.69, 9.17) is 10.8 Å². The van der Waals surface area contributed by atoms with Crippen LogP contribution in [0.4, 0.5) is 5.69 Å². The zero-order valence-electron chi connectivity index (χ0n) is 9.71. The summed E-state index contributed by atoms with van der Waals surface area (Å²) in [5, 5.41) is 10.7. The van der Waals surface area contributed by atoms with Crippen LogP contribution in [0.3, 0.4) is 0 Å². The Kier molecular flexibility index (Phi) is 3.88. The standard InChI is InChI=1S/C12H12N2O2S2/c1-7-2-3-8(13)4-10(7)17-5-9-6-18-11(14-9)12(15)16/h2-4,6H,5,13H2,1H3,(H,15,16). The molecule has 0 aliphatic rings. The van der Waals surface area contributed by atoms with Crippen molar-refractivity contribution in [2.24, 2.45) is 0 Å². The van der Waals surface area contributed by atoms with Gasteiger partial charge in [0, 0.05) is 21.7 Å². The third-order valence-corrected chi connectivity index (χ3v) is 4.39. The highest BCUT2D eigenvalue weighted by molar-refractivity contribution is 7.98. The smallest absolute Gasteiger partial charge is 0.365 e. The zero-order chi connectivity index (χ0) is 13.1. The summed E-state index contributed by atoms with van der Waals surface area (Å²) in [5.41, 5.74) is 8.40. The number of anilines is 1. The van der Waals surface area contributed by atoms with E-state index in [2.05, 4.69) is 4.98 Å². The molecule has 6 heteroatoms. The fourth-order valence-corrected chi connectivity index (χ4v) is 3.12. The monoisotopic (exact) mass is 280 g/mol. The molecule has 2 rings (SSSR count). The maximum Gasteiger partial charge on any atom is 0.365 e. The van der Waals surface area contributed by atoms with Crippen LogP contribution in [0.1, 0.15) is 21.1 Å². The second-order valence-corrected chi connectivity index (χ2v) is 5.64. The van der Waals surface area contributed by atoms with Gasteiger partial charge in [0.25, 0.3) is 0 Å². The molecule has 0 saturated carbocycles. The molecule has 0 unspecified atom stereocenters. The van der Waals surface area contributed by atoms with E-state index in [1.165, 1.54) is 0 Å². The topological polar surface area (TPSA) is 76.2 Å². The van der Waals surface area contributed by atoms with Crippen molar-refractivity contribution in [1.82, 2.24) is 4.98 Å². The lowest BCUT2D eigenvalue weighted by molar-refractivity contribution is 0.0696. The summed E-state index contributed by atoms with van der Waals surface area (Å²) in [7, 11) is 0. The number of rotatable bonds is 4. The van der Waals surface area contributed by atoms with Crippen LogP contribution in [-0.2, 0) is 5.75 Å². The van der Waals surface area contributed by atoms with Crippen molar-refractivity contribution in [2.75, 3.05) is 5.73 Å². The van der Waals surface area contributed by atoms with E-state index < -0.39 is 5.97 Å². The molecule has 3 N–H and O–H groups in total. The average Bonchev–Trinajstić information content (AvgIpc) is 2.79.